The fraction of sp³-hybridized carbons (Fsp3) is 0.737. The Morgan fingerprint density at radius 3 is 2.68 bits per heavy atom. The summed E-state index contributed by atoms with van der Waals surface area (Å²) in [6.45, 7) is 5.60. The predicted molar refractivity (Wildman–Crippen MR) is 111 cm³/mol. The molecule has 4 rings (SSSR count). The molecule has 0 saturated carbocycles. The van der Waals surface area contributed by atoms with Crippen molar-refractivity contribution in [2.45, 2.75) is 38.3 Å². The molecule has 2 amide bonds. The van der Waals surface area contributed by atoms with Gasteiger partial charge in [0.15, 0.2) is 0 Å². The Kier molecular flexibility index (Phi) is 5.70. The molecule has 0 radical (unpaired) electrons. The van der Waals surface area contributed by atoms with E-state index in [2.05, 4.69) is 27.1 Å². The van der Waals surface area contributed by atoms with Gasteiger partial charge in [-0.15, -0.1) is 11.3 Å². The van der Waals surface area contributed by atoms with Gasteiger partial charge in [0.25, 0.3) is 0 Å². The molecule has 1 spiro atoms. The highest BCUT2D eigenvalue weighted by Gasteiger charge is 2.50. The molecule has 3 saturated heterocycles. The van der Waals surface area contributed by atoms with Gasteiger partial charge in [0.2, 0.25) is 10.0 Å². The van der Waals surface area contributed by atoms with Gasteiger partial charge < -0.3 is 9.80 Å². The van der Waals surface area contributed by atoms with E-state index in [4.69, 9.17) is 0 Å². The first-order valence-electron chi connectivity index (χ1n) is 10.1. The van der Waals surface area contributed by atoms with Crippen LogP contribution in [0.4, 0.5) is 4.79 Å². The summed E-state index contributed by atoms with van der Waals surface area (Å²) in [5.41, 5.74) is -0.214. The van der Waals surface area contributed by atoms with E-state index in [1.165, 1.54) is 11.1 Å². The molecular formula is C19H30N4O3S2. The molecule has 0 aromatic carbocycles. The van der Waals surface area contributed by atoms with Crippen molar-refractivity contribution >= 4 is 27.4 Å². The van der Waals surface area contributed by atoms with Crippen LogP contribution in [0.2, 0.25) is 0 Å². The molecule has 1 aromatic heterocycles. The van der Waals surface area contributed by atoms with E-state index in [0.29, 0.717) is 19.5 Å². The quantitative estimate of drug-likeness (QED) is 0.797. The molecule has 2 atom stereocenters. The van der Waals surface area contributed by atoms with Gasteiger partial charge in [-0.3, -0.25) is 4.90 Å². The van der Waals surface area contributed by atoms with E-state index in [0.717, 1.165) is 52.0 Å². The summed E-state index contributed by atoms with van der Waals surface area (Å²) < 4.78 is 26.9. The molecule has 1 N–H and O–H groups in total. The molecule has 7 nitrogen and oxygen atoms in total. The molecule has 3 fully saturated rings. The molecule has 3 aliphatic heterocycles. The highest BCUT2D eigenvalue weighted by Crippen LogP contribution is 2.40. The maximum absolute atomic E-state index is 13.0. The first-order valence-corrected chi connectivity index (χ1v) is 12.9. The van der Waals surface area contributed by atoms with E-state index in [9.17, 15) is 13.2 Å². The third kappa shape index (κ3) is 4.37. The molecule has 3 aliphatic rings. The standard InChI is InChI=1S/C19H30N4O3S2/c1-28(25,26)20-17-6-10-23(18(24)22-8-2-3-9-22)15-19(17)7-11-21(14-19)13-16-5-4-12-27-16/h4-5,12,17,20H,2-3,6-11,13-15H2,1H3/t17-,19+/m1/s1. The molecule has 4 heterocycles. The van der Waals surface area contributed by atoms with Crippen molar-refractivity contribution < 1.29 is 13.2 Å². The fourth-order valence-corrected chi connectivity index (χ4v) is 6.66. The van der Waals surface area contributed by atoms with Gasteiger partial charge in [-0.25, -0.2) is 17.9 Å². The van der Waals surface area contributed by atoms with Crippen LogP contribution >= 0.6 is 11.3 Å². The lowest BCUT2D eigenvalue weighted by Crippen LogP contribution is -2.61. The van der Waals surface area contributed by atoms with E-state index < -0.39 is 10.0 Å². The average molecular weight is 427 g/mol. The van der Waals surface area contributed by atoms with Crippen LogP contribution in [0.3, 0.4) is 0 Å². The van der Waals surface area contributed by atoms with Gasteiger partial charge in [0.05, 0.1) is 6.26 Å². The number of sulfonamides is 1. The molecule has 28 heavy (non-hydrogen) atoms. The minimum Gasteiger partial charge on any atom is -0.325 e. The Morgan fingerprint density at radius 2 is 2.00 bits per heavy atom. The van der Waals surface area contributed by atoms with E-state index in [1.807, 2.05) is 9.80 Å². The number of thiophene rings is 1. The molecule has 0 aliphatic carbocycles. The number of hydrogen-bond donors (Lipinski definition) is 1. The molecule has 0 unspecified atom stereocenters. The van der Waals surface area contributed by atoms with E-state index >= 15 is 0 Å². The highest BCUT2D eigenvalue weighted by atomic mass is 32.2. The van der Waals surface area contributed by atoms with E-state index in [1.54, 1.807) is 11.3 Å². The van der Waals surface area contributed by atoms with Crippen molar-refractivity contribution in [2.24, 2.45) is 5.41 Å². The van der Waals surface area contributed by atoms with Crippen LogP contribution in [-0.2, 0) is 16.6 Å². The maximum Gasteiger partial charge on any atom is 0.320 e. The molecular weight excluding hydrogens is 396 g/mol. The van der Waals surface area contributed by atoms with Crippen LogP contribution < -0.4 is 4.72 Å². The number of nitrogens with zero attached hydrogens (tertiary/aromatic N) is 3. The third-order valence-electron chi connectivity index (χ3n) is 6.36. The van der Waals surface area contributed by atoms with Gasteiger partial charge in [-0.05, 0) is 43.7 Å². The number of amides is 2. The van der Waals surface area contributed by atoms with Crippen molar-refractivity contribution in [1.82, 2.24) is 19.4 Å². The monoisotopic (exact) mass is 426 g/mol. The van der Waals surface area contributed by atoms with Crippen LogP contribution in [0.15, 0.2) is 17.5 Å². The van der Waals surface area contributed by atoms with Crippen LogP contribution in [0.1, 0.15) is 30.6 Å². The molecule has 1 aromatic rings. The topological polar surface area (TPSA) is 73.0 Å². The number of hydrogen-bond acceptors (Lipinski definition) is 5. The smallest absolute Gasteiger partial charge is 0.320 e. The zero-order valence-corrected chi connectivity index (χ0v) is 18.1. The number of carbonyl (C=O) groups excluding carboxylic acids is 1. The van der Waals surface area contributed by atoms with Crippen LogP contribution in [0.25, 0.3) is 0 Å². The minimum atomic E-state index is -3.29. The second-order valence-corrected chi connectivity index (χ2v) is 11.3. The van der Waals surface area contributed by atoms with Crippen molar-refractivity contribution in [3.8, 4) is 0 Å². The zero-order valence-electron chi connectivity index (χ0n) is 16.5. The normalized spacial score (nSPS) is 29.1. The Labute approximate surface area is 171 Å². The number of carbonyl (C=O) groups is 1. The lowest BCUT2D eigenvalue weighted by Gasteiger charge is -2.47. The number of likely N-dealkylation sites (tertiary alicyclic amines) is 3. The zero-order chi connectivity index (χ0) is 19.8. The minimum absolute atomic E-state index is 0.113. The maximum atomic E-state index is 13.0. The fourth-order valence-electron chi connectivity index (χ4n) is 5.03. The summed E-state index contributed by atoms with van der Waals surface area (Å²) in [7, 11) is -3.29. The average Bonchev–Trinajstić information content (AvgIpc) is 3.38. The summed E-state index contributed by atoms with van der Waals surface area (Å²) in [4.78, 5) is 20.6. The van der Waals surface area contributed by atoms with E-state index in [-0.39, 0.29) is 17.5 Å². The number of nitrogens with one attached hydrogen (secondary N) is 1. The summed E-state index contributed by atoms with van der Waals surface area (Å²) in [6.07, 6.45) is 4.99. The van der Waals surface area contributed by atoms with Gasteiger partial charge in [-0.2, -0.15) is 0 Å². The van der Waals surface area contributed by atoms with Crippen molar-refractivity contribution in [2.75, 3.05) is 45.5 Å². The second kappa shape index (κ2) is 7.93. The summed E-state index contributed by atoms with van der Waals surface area (Å²) in [6, 6.07) is 4.23. The number of rotatable bonds is 4. The number of piperidine rings is 1. The Bertz CT molecular complexity index is 792. The van der Waals surface area contributed by atoms with Crippen LogP contribution in [-0.4, -0.2) is 80.7 Å². The largest absolute Gasteiger partial charge is 0.325 e. The van der Waals surface area contributed by atoms with Gasteiger partial charge in [0, 0.05) is 55.6 Å². The van der Waals surface area contributed by atoms with Gasteiger partial charge in [-0.1, -0.05) is 6.07 Å². The molecule has 9 heteroatoms. The first-order chi connectivity index (χ1) is 13.3. The van der Waals surface area contributed by atoms with Crippen molar-refractivity contribution in [1.29, 1.82) is 0 Å². The number of urea groups is 1. The van der Waals surface area contributed by atoms with Gasteiger partial charge >= 0.3 is 6.03 Å². The molecule has 0 bridgehead atoms. The van der Waals surface area contributed by atoms with Crippen molar-refractivity contribution in [3.05, 3.63) is 22.4 Å². The Morgan fingerprint density at radius 1 is 1.21 bits per heavy atom. The third-order valence-corrected chi connectivity index (χ3v) is 7.93. The lowest BCUT2D eigenvalue weighted by molar-refractivity contribution is 0.0691. The van der Waals surface area contributed by atoms with Gasteiger partial charge in [0.1, 0.15) is 0 Å². The second-order valence-electron chi connectivity index (χ2n) is 8.53. The van der Waals surface area contributed by atoms with Crippen LogP contribution in [0, 0.1) is 5.41 Å². The lowest BCUT2D eigenvalue weighted by atomic mass is 9.75. The first kappa shape index (κ1) is 20.1. The summed E-state index contributed by atoms with van der Waals surface area (Å²) in [5.74, 6) is 0. The van der Waals surface area contributed by atoms with Crippen molar-refractivity contribution in [3.63, 3.8) is 0 Å². The summed E-state index contributed by atoms with van der Waals surface area (Å²) >= 11 is 1.75. The van der Waals surface area contributed by atoms with Crippen LogP contribution in [0.5, 0.6) is 0 Å². The summed E-state index contributed by atoms with van der Waals surface area (Å²) in [5, 5.41) is 2.09. The molecule has 156 valence electrons. The predicted octanol–water partition coefficient (Wildman–Crippen LogP) is 1.78. The Balaban J connectivity index is 1.51. The SMILES string of the molecule is CS(=O)(=O)N[C@@H]1CCN(C(=O)N2CCCC2)C[C@@]12CCN(Cc1cccs1)C2. The highest BCUT2D eigenvalue weighted by molar-refractivity contribution is 7.88. The Hall–Kier alpha value is -1.16.